The zero-order valence-electron chi connectivity index (χ0n) is 11.1. The van der Waals surface area contributed by atoms with E-state index in [1.165, 1.54) is 6.07 Å². The van der Waals surface area contributed by atoms with E-state index in [-0.39, 0.29) is 8.10 Å². The lowest BCUT2D eigenvalue weighted by atomic mass is 9.97. The van der Waals surface area contributed by atoms with Gasteiger partial charge in [0, 0.05) is 12.8 Å². The van der Waals surface area contributed by atoms with E-state index in [1.54, 1.807) is 6.07 Å². The number of aliphatic carboxylic acids is 1. The Morgan fingerprint density at radius 3 is 2.45 bits per heavy atom. The van der Waals surface area contributed by atoms with Gasteiger partial charge in [-0.3, -0.25) is 4.79 Å². The second-order valence-corrected chi connectivity index (χ2v) is 9.11. The molecule has 0 spiro atoms. The number of nitrogens with zero attached hydrogens (tertiary/aromatic N) is 1. The lowest BCUT2D eigenvalue weighted by molar-refractivity contribution is -0.811. The third-order valence-corrected chi connectivity index (χ3v) is 8.20. The van der Waals surface area contributed by atoms with Gasteiger partial charge < -0.3 is 5.11 Å². The molecule has 0 atom stereocenters. The average Bonchev–Trinajstić information content (AvgIpc) is 2.86. The van der Waals surface area contributed by atoms with Gasteiger partial charge in [-0.2, -0.15) is 8.42 Å². The fourth-order valence-electron chi connectivity index (χ4n) is 2.64. The van der Waals surface area contributed by atoms with E-state index in [1.807, 2.05) is 6.92 Å². The molecule has 1 aliphatic heterocycles. The number of hydrogen-bond acceptors (Lipinski definition) is 4. The van der Waals surface area contributed by atoms with Crippen molar-refractivity contribution >= 4 is 38.9 Å². The lowest BCUT2D eigenvalue weighted by Gasteiger charge is -2.39. The predicted molar refractivity (Wildman–Crippen MR) is 77.4 cm³/mol. The van der Waals surface area contributed by atoms with Crippen LogP contribution < -0.4 is 0 Å². The molecule has 0 aliphatic carbocycles. The highest BCUT2D eigenvalue weighted by Gasteiger charge is 2.46. The van der Waals surface area contributed by atoms with Crippen LogP contribution in [0.5, 0.6) is 0 Å². The molecule has 112 valence electrons. The molecule has 0 saturated carbocycles. The predicted octanol–water partition coefficient (Wildman–Crippen LogP) is 2.42. The summed E-state index contributed by atoms with van der Waals surface area (Å²) in [5, 5.41) is 9.03. The van der Waals surface area contributed by atoms with Gasteiger partial charge in [-0.25, -0.2) is 3.89 Å². The average molecular weight is 339 g/mol. The highest BCUT2D eigenvalue weighted by molar-refractivity contribution is 7.88. The minimum atomic E-state index is -3.52. The number of thiophene rings is 1. The summed E-state index contributed by atoms with van der Waals surface area (Å²) < 4.78 is 26.2. The molecule has 2 heterocycles. The van der Waals surface area contributed by atoms with Gasteiger partial charge in [0.1, 0.15) is 0 Å². The molecule has 1 aromatic rings. The van der Waals surface area contributed by atoms with Crippen molar-refractivity contribution in [1.29, 1.82) is 0 Å². The van der Waals surface area contributed by atoms with Crippen molar-refractivity contribution in [3.05, 3.63) is 16.5 Å². The van der Waals surface area contributed by atoms with Crippen molar-refractivity contribution in [2.75, 3.05) is 19.6 Å². The molecule has 0 bridgehead atoms. The van der Waals surface area contributed by atoms with Gasteiger partial charge in [0.25, 0.3) is 0 Å². The van der Waals surface area contributed by atoms with Gasteiger partial charge in [0.2, 0.25) is 0 Å². The minimum absolute atomic E-state index is 0.0758. The van der Waals surface area contributed by atoms with E-state index in [4.69, 9.17) is 16.7 Å². The summed E-state index contributed by atoms with van der Waals surface area (Å²) in [5.74, 6) is -1.27. The summed E-state index contributed by atoms with van der Waals surface area (Å²) in [5.41, 5.74) is 0. The number of carbonyl (C=O) groups is 1. The fourth-order valence-corrected chi connectivity index (χ4v) is 6.37. The number of sulfonamides is 1. The minimum Gasteiger partial charge on any atom is -0.481 e. The van der Waals surface area contributed by atoms with E-state index in [0.29, 0.717) is 36.8 Å². The molecular formula is C12H17ClNO4S2+. The monoisotopic (exact) mass is 338 g/mol. The second kappa shape index (κ2) is 5.63. The van der Waals surface area contributed by atoms with Crippen molar-refractivity contribution in [3.63, 3.8) is 0 Å². The summed E-state index contributed by atoms with van der Waals surface area (Å²) >= 11 is 6.88. The maximum absolute atomic E-state index is 12.8. The van der Waals surface area contributed by atoms with Crippen LogP contribution in [0, 0.1) is 5.92 Å². The first-order valence-corrected chi connectivity index (χ1v) is 9.05. The zero-order valence-corrected chi connectivity index (χ0v) is 13.5. The van der Waals surface area contributed by atoms with Gasteiger partial charge in [-0.05, 0) is 19.1 Å². The second-order valence-electron chi connectivity index (χ2n) is 4.97. The number of hydrogen-bond donors (Lipinski definition) is 1. The molecule has 2 rings (SSSR count). The topological polar surface area (TPSA) is 71.4 Å². The molecule has 0 unspecified atom stereocenters. The number of rotatable bonds is 4. The Bertz CT molecular complexity index is 603. The molecule has 5 nitrogen and oxygen atoms in total. The van der Waals surface area contributed by atoms with Crippen molar-refractivity contribution in [2.45, 2.75) is 24.0 Å². The Hall–Kier alpha value is -0.630. The molecule has 0 amide bonds. The number of piperidine rings is 1. The standard InChI is InChI=1S/C12H16ClNO4S2/c1-2-14(7-5-9(6-8-14)12(15)16)20(17,18)11-4-3-10(13)19-11/h3-4,9H,2,5-8H2,1H3/p+1. The van der Waals surface area contributed by atoms with Crippen LogP contribution in [0.4, 0.5) is 0 Å². The van der Waals surface area contributed by atoms with Crippen LogP contribution in [0.3, 0.4) is 0 Å². The molecule has 1 aliphatic rings. The Morgan fingerprint density at radius 1 is 1.45 bits per heavy atom. The van der Waals surface area contributed by atoms with Crippen LogP contribution in [-0.4, -0.2) is 43.0 Å². The van der Waals surface area contributed by atoms with Crippen LogP contribution in [0.15, 0.2) is 16.3 Å². The Labute approximate surface area is 127 Å². The summed E-state index contributed by atoms with van der Waals surface area (Å²) in [4.78, 5) is 11.0. The maximum Gasteiger partial charge on any atom is 0.336 e. The quantitative estimate of drug-likeness (QED) is 0.856. The van der Waals surface area contributed by atoms with Crippen LogP contribution in [0.2, 0.25) is 4.34 Å². The normalized spacial score (nSPS) is 27.4. The van der Waals surface area contributed by atoms with E-state index in [0.717, 1.165) is 11.3 Å². The molecule has 20 heavy (non-hydrogen) atoms. The smallest absolute Gasteiger partial charge is 0.336 e. The van der Waals surface area contributed by atoms with E-state index in [2.05, 4.69) is 0 Å². The van der Waals surface area contributed by atoms with Crippen molar-refractivity contribution < 1.29 is 22.2 Å². The molecule has 1 N–H and O–H groups in total. The third kappa shape index (κ3) is 2.59. The van der Waals surface area contributed by atoms with E-state index < -0.39 is 21.9 Å². The van der Waals surface area contributed by atoms with Gasteiger partial charge in [0.15, 0.2) is 4.21 Å². The van der Waals surface area contributed by atoms with E-state index in [9.17, 15) is 13.2 Å². The van der Waals surface area contributed by atoms with Gasteiger partial charge in [-0.1, -0.05) is 11.6 Å². The molecule has 1 saturated heterocycles. The molecule has 0 radical (unpaired) electrons. The molecule has 1 aromatic heterocycles. The summed E-state index contributed by atoms with van der Waals surface area (Å²) in [7, 11) is -3.52. The zero-order chi connectivity index (χ0) is 15.0. The Kier molecular flexibility index (Phi) is 4.44. The number of carboxylic acids is 1. The number of likely N-dealkylation sites (tertiary alicyclic amines) is 1. The van der Waals surface area contributed by atoms with Crippen LogP contribution in [0.1, 0.15) is 19.8 Å². The third-order valence-electron chi connectivity index (χ3n) is 4.01. The summed E-state index contributed by atoms with van der Waals surface area (Å²) in [6.45, 7) is 2.94. The van der Waals surface area contributed by atoms with Gasteiger partial charge >= 0.3 is 16.0 Å². The first-order chi connectivity index (χ1) is 9.32. The van der Waals surface area contributed by atoms with Crippen molar-refractivity contribution in [1.82, 2.24) is 0 Å². The summed E-state index contributed by atoms with van der Waals surface area (Å²) in [6, 6.07) is 3.11. The van der Waals surface area contributed by atoms with Gasteiger partial charge in [0.05, 0.1) is 29.9 Å². The van der Waals surface area contributed by atoms with E-state index >= 15 is 0 Å². The number of halogens is 1. The van der Waals surface area contributed by atoms with Crippen LogP contribution >= 0.6 is 22.9 Å². The molecule has 1 fully saturated rings. The van der Waals surface area contributed by atoms with Crippen molar-refractivity contribution in [2.24, 2.45) is 5.92 Å². The number of quaternary nitrogens is 1. The summed E-state index contributed by atoms with van der Waals surface area (Å²) in [6.07, 6.45) is 0.781. The Morgan fingerprint density at radius 2 is 2.05 bits per heavy atom. The lowest BCUT2D eigenvalue weighted by Crippen LogP contribution is -2.57. The van der Waals surface area contributed by atoms with Crippen LogP contribution in [0.25, 0.3) is 0 Å². The fraction of sp³-hybridized carbons (Fsp3) is 0.583. The largest absolute Gasteiger partial charge is 0.481 e. The number of carboxylic acid groups (broad SMARTS) is 1. The Balaban J connectivity index is 2.31. The first kappa shape index (κ1) is 15.8. The highest BCUT2D eigenvalue weighted by Crippen LogP contribution is 2.35. The SMILES string of the molecule is CC[N+]1(S(=O)(=O)c2ccc(Cl)s2)CCC(C(=O)O)CC1. The molecular weight excluding hydrogens is 322 g/mol. The van der Waals surface area contributed by atoms with Crippen molar-refractivity contribution in [3.8, 4) is 0 Å². The highest BCUT2D eigenvalue weighted by atomic mass is 35.5. The maximum atomic E-state index is 12.8. The van der Waals surface area contributed by atoms with Crippen LogP contribution in [-0.2, 0) is 14.8 Å². The molecule has 0 aromatic carbocycles. The molecule has 8 heteroatoms. The van der Waals surface area contributed by atoms with Gasteiger partial charge in [-0.15, -0.1) is 11.3 Å². The first-order valence-electron chi connectivity index (χ1n) is 6.42.